The van der Waals surface area contributed by atoms with Crippen molar-refractivity contribution in [3.63, 3.8) is 0 Å². The van der Waals surface area contributed by atoms with Gasteiger partial charge < -0.3 is 14.1 Å². The van der Waals surface area contributed by atoms with Crippen LogP contribution < -0.4 is 0 Å². The van der Waals surface area contributed by atoms with E-state index in [1.54, 1.807) is 6.20 Å². The lowest BCUT2D eigenvalue weighted by molar-refractivity contribution is -0.402. The van der Waals surface area contributed by atoms with Gasteiger partial charge in [-0.15, -0.1) is 0 Å². The van der Waals surface area contributed by atoms with Gasteiger partial charge in [-0.1, -0.05) is 12.1 Å². The van der Waals surface area contributed by atoms with Crippen LogP contribution >= 0.6 is 0 Å². The van der Waals surface area contributed by atoms with Crippen molar-refractivity contribution in [2.45, 2.75) is 25.5 Å². The van der Waals surface area contributed by atoms with Gasteiger partial charge in [0.15, 0.2) is 5.76 Å². The van der Waals surface area contributed by atoms with E-state index >= 15 is 0 Å². The SMILES string of the molecule is O=C(OCc1ccc2cn[nH]c2c1)C1CCCN1C(=O)c1ccc([N+](=O)[O-])o1. The van der Waals surface area contributed by atoms with Crippen molar-refractivity contribution in [1.82, 2.24) is 15.1 Å². The monoisotopic (exact) mass is 384 g/mol. The molecule has 0 bridgehead atoms. The molecule has 1 aliphatic heterocycles. The number of aromatic amines is 1. The zero-order valence-electron chi connectivity index (χ0n) is 14.7. The number of nitrogens with zero attached hydrogens (tertiary/aromatic N) is 3. The topological polar surface area (TPSA) is 132 Å². The highest BCUT2D eigenvalue weighted by Crippen LogP contribution is 2.24. The number of benzene rings is 1. The van der Waals surface area contributed by atoms with E-state index in [0.717, 1.165) is 22.5 Å². The summed E-state index contributed by atoms with van der Waals surface area (Å²) in [5.41, 5.74) is 1.63. The van der Waals surface area contributed by atoms with Gasteiger partial charge in [0.1, 0.15) is 17.6 Å². The van der Waals surface area contributed by atoms with Crippen molar-refractivity contribution in [2.75, 3.05) is 6.54 Å². The number of esters is 1. The molecule has 1 N–H and O–H groups in total. The Kier molecular flexibility index (Phi) is 4.52. The number of aromatic nitrogens is 2. The minimum absolute atomic E-state index is 0.0680. The molecule has 0 radical (unpaired) electrons. The lowest BCUT2D eigenvalue weighted by Crippen LogP contribution is -2.41. The Balaban J connectivity index is 1.42. The molecule has 144 valence electrons. The lowest BCUT2D eigenvalue weighted by Gasteiger charge is -2.22. The van der Waals surface area contributed by atoms with Crippen molar-refractivity contribution in [3.05, 3.63) is 58.0 Å². The van der Waals surface area contributed by atoms with Gasteiger partial charge in [0.2, 0.25) is 0 Å². The Bertz CT molecular complexity index is 1060. The quantitative estimate of drug-likeness (QED) is 0.406. The van der Waals surface area contributed by atoms with Crippen LogP contribution in [-0.4, -0.2) is 44.5 Å². The Morgan fingerprint density at radius 2 is 2.21 bits per heavy atom. The number of amides is 1. The standard InChI is InChI=1S/C18H16N4O6/c23-17(15-5-6-16(28-15)22(25)26)21-7-1-2-14(21)18(24)27-10-11-3-4-12-9-19-20-13(12)8-11/h3-6,8-9,14H,1-2,7,10H2,(H,19,20). The summed E-state index contributed by atoms with van der Waals surface area (Å²) in [4.78, 5) is 36.4. The zero-order valence-corrected chi connectivity index (χ0v) is 14.7. The highest BCUT2D eigenvalue weighted by atomic mass is 16.6. The van der Waals surface area contributed by atoms with Gasteiger partial charge >= 0.3 is 11.9 Å². The predicted octanol–water partition coefficient (Wildman–Crippen LogP) is 2.41. The third-order valence-corrected chi connectivity index (χ3v) is 4.66. The van der Waals surface area contributed by atoms with Gasteiger partial charge in [-0.3, -0.25) is 20.0 Å². The maximum atomic E-state index is 12.6. The molecule has 10 nitrogen and oxygen atoms in total. The number of ether oxygens (including phenoxy) is 1. The first kappa shape index (κ1) is 17.7. The molecule has 28 heavy (non-hydrogen) atoms. The molecule has 1 amide bonds. The van der Waals surface area contributed by atoms with E-state index in [1.807, 2.05) is 18.2 Å². The summed E-state index contributed by atoms with van der Waals surface area (Å²) >= 11 is 0. The zero-order chi connectivity index (χ0) is 19.7. The number of fused-ring (bicyclic) bond motifs is 1. The average Bonchev–Trinajstić information content (AvgIpc) is 3.45. The first-order chi connectivity index (χ1) is 13.5. The summed E-state index contributed by atoms with van der Waals surface area (Å²) in [5.74, 6) is -1.77. The van der Waals surface area contributed by atoms with Crippen LogP contribution in [0.4, 0.5) is 5.88 Å². The van der Waals surface area contributed by atoms with Crippen molar-refractivity contribution < 1.29 is 23.7 Å². The van der Waals surface area contributed by atoms with Crippen molar-refractivity contribution in [3.8, 4) is 0 Å². The minimum Gasteiger partial charge on any atom is -0.459 e. The lowest BCUT2D eigenvalue weighted by atomic mass is 10.2. The molecule has 1 saturated heterocycles. The Morgan fingerprint density at radius 3 is 3.00 bits per heavy atom. The van der Waals surface area contributed by atoms with Gasteiger partial charge in [0.05, 0.1) is 17.8 Å². The maximum absolute atomic E-state index is 12.6. The van der Waals surface area contributed by atoms with Gasteiger partial charge in [0, 0.05) is 11.9 Å². The van der Waals surface area contributed by atoms with E-state index in [-0.39, 0.29) is 12.4 Å². The van der Waals surface area contributed by atoms with Gasteiger partial charge in [-0.25, -0.2) is 4.79 Å². The molecule has 1 unspecified atom stereocenters. The summed E-state index contributed by atoms with van der Waals surface area (Å²) in [6.45, 7) is 0.422. The second-order valence-corrected chi connectivity index (χ2v) is 6.45. The Hall–Kier alpha value is -3.69. The van der Waals surface area contributed by atoms with Crippen LogP contribution in [0.2, 0.25) is 0 Å². The smallest absolute Gasteiger partial charge is 0.433 e. The maximum Gasteiger partial charge on any atom is 0.433 e. The second kappa shape index (κ2) is 7.14. The highest BCUT2D eigenvalue weighted by Gasteiger charge is 2.37. The third kappa shape index (κ3) is 3.31. The molecular weight excluding hydrogens is 368 g/mol. The number of carbonyl (C=O) groups excluding carboxylic acids is 2. The molecule has 1 atom stereocenters. The number of carbonyl (C=O) groups is 2. The van der Waals surface area contributed by atoms with Gasteiger partial charge in [-0.2, -0.15) is 5.10 Å². The molecule has 10 heteroatoms. The largest absolute Gasteiger partial charge is 0.459 e. The number of nitrogens with one attached hydrogen (secondary N) is 1. The molecule has 0 aliphatic carbocycles. The molecular formula is C18H16N4O6. The molecule has 1 aromatic carbocycles. The van der Waals surface area contributed by atoms with E-state index < -0.39 is 28.7 Å². The normalized spacial score (nSPS) is 16.4. The van der Waals surface area contributed by atoms with Crippen LogP contribution in [0.15, 0.2) is 40.9 Å². The van der Waals surface area contributed by atoms with Crippen LogP contribution in [0, 0.1) is 10.1 Å². The van der Waals surface area contributed by atoms with Crippen molar-refractivity contribution >= 4 is 28.7 Å². The predicted molar refractivity (Wildman–Crippen MR) is 95.3 cm³/mol. The number of nitro groups is 1. The molecule has 1 fully saturated rings. The fraction of sp³-hybridized carbons (Fsp3) is 0.278. The van der Waals surface area contributed by atoms with E-state index in [1.165, 1.54) is 11.0 Å². The molecule has 3 heterocycles. The van der Waals surface area contributed by atoms with Crippen molar-refractivity contribution in [2.24, 2.45) is 0 Å². The summed E-state index contributed by atoms with van der Waals surface area (Å²) < 4.78 is 10.3. The number of furan rings is 1. The minimum atomic E-state index is -0.743. The van der Waals surface area contributed by atoms with Gasteiger partial charge in [0.25, 0.3) is 5.91 Å². The van der Waals surface area contributed by atoms with Crippen LogP contribution in [0.5, 0.6) is 0 Å². The summed E-state index contributed by atoms with van der Waals surface area (Å²) in [6, 6.07) is 7.16. The molecule has 0 spiro atoms. The number of likely N-dealkylation sites (tertiary alicyclic amines) is 1. The number of hydrogen-bond acceptors (Lipinski definition) is 7. The average molecular weight is 384 g/mol. The van der Waals surface area contributed by atoms with Gasteiger partial charge in [-0.05, 0) is 30.5 Å². The number of hydrogen-bond donors (Lipinski definition) is 1. The van der Waals surface area contributed by atoms with E-state index in [9.17, 15) is 19.7 Å². The van der Waals surface area contributed by atoms with Crippen LogP contribution in [-0.2, 0) is 16.1 Å². The number of rotatable bonds is 5. The van der Waals surface area contributed by atoms with E-state index in [0.29, 0.717) is 19.4 Å². The highest BCUT2D eigenvalue weighted by molar-refractivity contribution is 5.95. The second-order valence-electron chi connectivity index (χ2n) is 6.45. The fourth-order valence-electron chi connectivity index (χ4n) is 3.26. The summed E-state index contributed by atoms with van der Waals surface area (Å²) in [5, 5.41) is 18.5. The van der Waals surface area contributed by atoms with Crippen LogP contribution in [0.3, 0.4) is 0 Å². The van der Waals surface area contributed by atoms with Crippen LogP contribution in [0.1, 0.15) is 29.0 Å². The first-order valence-corrected chi connectivity index (χ1v) is 8.67. The Labute approximate surface area is 158 Å². The molecule has 4 rings (SSSR count). The van der Waals surface area contributed by atoms with Crippen LogP contribution in [0.25, 0.3) is 10.9 Å². The summed E-state index contributed by atoms with van der Waals surface area (Å²) in [7, 11) is 0. The molecule has 1 aliphatic rings. The number of H-pyrrole nitrogens is 1. The molecule has 0 saturated carbocycles. The molecule has 3 aromatic rings. The first-order valence-electron chi connectivity index (χ1n) is 8.67. The van der Waals surface area contributed by atoms with E-state index in [2.05, 4.69) is 10.2 Å². The summed E-state index contributed by atoms with van der Waals surface area (Å²) in [6.07, 6.45) is 2.80. The third-order valence-electron chi connectivity index (χ3n) is 4.66. The van der Waals surface area contributed by atoms with E-state index in [4.69, 9.17) is 9.15 Å². The Morgan fingerprint density at radius 1 is 1.36 bits per heavy atom. The van der Waals surface area contributed by atoms with Crippen molar-refractivity contribution in [1.29, 1.82) is 0 Å². The molecule has 2 aromatic heterocycles. The fourth-order valence-corrected chi connectivity index (χ4v) is 3.26.